The molecule has 5 rings (SSSR count). The van der Waals surface area contributed by atoms with Crippen LogP contribution in [0.25, 0.3) is 0 Å². The van der Waals surface area contributed by atoms with Crippen LogP contribution in [0.4, 0.5) is 4.39 Å². The highest BCUT2D eigenvalue weighted by Crippen LogP contribution is 2.39. The third-order valence-corrected chi connectivity index (χ3v) is 8.44. The number of carbonyl (C=O) groups is 1. The Hall–Kier alpha value is -1.25. The zero-order chi connectivity index (χ0) is 23.7. The van der Waals surface area contributed by atoms with E-state index < -0.39 is 6.04 Å². The predicted molar refractivity (Wildman–Crippen MR) is 133 cm³/mol. The average molecular weight is 489 g/mol. The van der Waals surface area contributed by atoms with Gasteiger partial charge in [-0.3, -0.25) is 14.6 Å². The summed E-state index contributed by atoms with van der Waals surface area (Å²) in [6.45, 7) is 6.44. The van der Waals surface area contributed by atoms with Crippen molar-refractivity contribution in [3.8, 4) is 0 Å². The van der Waals surface area contributed by atoms with Gasteiger partial charge >= 0.3 is 0 Å². The topological polar surface area (TPSA) is 42.0 Å². The van der Waals surface area contributed by atoms with Crippen molar-refractivity contribution in [1.82, 2.24) is 9.80 Å². The lowest BCUT2D eigenvalue weighted by Gasteiger charge is -2.39. The van der Waals surface area contributed by atoms with Crippen molar-refractivity contribution in [2.75, 3.05) is 32.7 Å². The molecular weight excluding hydrogens is 451 g/mol. The summed E-state index contributed by atoms with van der Waals surface area (Å²) in [5, 5.41) is 0.195. The van der Waals surface area contributed by atoms with Crippen molar-refractivity contribution >= 4 is 18.4 Å². The van der Waals surface area contributed by atoms with Crippen LogP contribution in [-0.2, 0) is 14.3 Å². The van der Waals surface area contributed by atoms with Gasteiger partial charge in [0, 0.05) is 42.8 Å². The van der Waals surface area contributed by atoms with Gasteiger partial charge in [-0.1, -0.05) is 24.3 Å². The molecule has 0 spiro atoms. The Kier molecular flexibility index (Phi) is 7.76. The van der Waals surface area contributed by atoms with Gasteiger partial charge in [-0.05, 0) is 69.7 Å². The second-order valence-corrected chi connectivity index (χ2v) is 11.0. The molecule has 3 saturated heterocycles. The molecular formula is C27H37FN2O3S. The minimum absolute atomic E-state index is 0.00687. The maximum atomic E-state index is 14.7. The summed E-state index contributed by atoms with van der Waals surface area (Å²) in [6, 6.07) is 6.28. The highest BCUT2D eigenvalue weighted by atomic mass is 32.1. The zero-order valence-electron chi connectivity index (χ0n) is 20.1. The first-order chi connectivity index (χ1) is 16.5. The molecule has 5 nitrogen and oxygen atoms in total. The summed E-state index contributed by atoms with van der Waals surface area (Å²) in [5.41, 5.74) is 1.78. The molecule has 0 radical (unpaired) electrons. The number of rotatable bonds is 8. The van der Waals surface area contributed by atoms with E-state index in [9.17, 15) is 9.18 Å². The fourth-order valence-electron chi connectivity index (χ4n) is 5.60. The van der Waals surface area contributed by atoms with Gasteiger partial charge in [0.05, 0.1) is 6.04 Å². The van der Waals surface area contributed by atoms with Crippen LogP contribution >= 0.6 is 12.6 Å². The molecule has 3 aliphatic heterocycles. The lowest BCUT2D eigenvalue weighted by atomic mass is 9.92. The number of ketones is 1. The van der Waals surface area contributed by atoms with Gasteiger partial charge in [0.25, 0.3) is 0 Å². The van der Waals surface area contributed by atoms with Gasteiger partial charge < -0.3 is 9.47 Å². The van der Waals surface area contributed by atoms with Crippen molar-refractivity contribution < 1.29 is 18.7 Å². The Balaban J connectivity index is 1.20. The summed E-state index contributed by atoms with van der Waals surface area (Å²) in [5.74, 6) is 0.651. The highest BCUT2D eigenvalue weighted by molar-refractivity contribution is 7.81. The standard InChI is InChI=1S/C27H37FN2O3S/c1-18-32-25(33-18)16-19-8-12-29(13-9-19)14-10-21-17-30(15-11-24(21)34)26(27(31)20-6-7-20)22-4-2-3-5-23(22)28/h2-5,10,18-20,24-26,34H,6-9,11-17H2,1H3/b21-10+. The third-order valence-electron chi connectivity index (χ3n) is 7.85. The highest BCUT2D eigenvalue weighted by Gasteiger charge is 2.41. The van der Waals surface area contributed by atoms with Gasteiger partial charge in [-0.25, -0.2) is 4.39 Å². The lowest BCUT2D eigenvalue weighted by Crippen LogP contribution is -2.43. The summed E-state index contributed by atoms with van der Waals surface area (Å²) in [6.07, 6.45) is 8.34. The molecule has 4 aliphatic rings. The van der Waals surface area contributed by atoms with Crippen LogP contribution in [0.1, 0.15) is 57.1 Å². The molecule has 4 fully saturated rings. The van der Waals surface area contributed by atoms with E-state index in [-0.39, 0.29) is 35.3 Å². The number of halogens is 1. The Morgan fingerprint density at radius 1 is 1.15 bits per heavy atom. The van der Waals surface area contributed by atoms with Crippen LogP contribution in [-0.4, -0.2) is 66.1 Å². The number of piperidine rings is 2. The molecule has 0 bridgehead atoms. The molecule has 7 heteroatoms. The molecule has 1 aromatic rings. The number of benzene rings is 1. The second kappa shape index (κ2) is 10.8. The summed E-state index contributed by atoms with van der Waals surface area (Å²) < 4.78 is 25.9. The van der Waals surface area contributed by atoms with Crippen LogP contribution in [0.3, 0.4) is 0 Å². The minimum atomic E-state index is -0.493. The van der Waals surface area contributed by atoms with Crippen LogP contribution in [0, 0.1) is 17.7 Å². The third kappa shape index (κ3) is 5.76. The smallest absolute Gasteiger partial charge is 0.164 e. The van der Waals surface area contributed by atoms with Crippen LogP contribution in [0.5, 0.6) is 0 Å². The summed E-state index contributed by atoms with van der Waals surface area (Å²) in [4.78, 5) is 17.9. The number of likely N-dealkylation sites (tertiary alicyclic amines) is 2. The predicted octanol–water partition coefficient (Wildman–Crippen LogP) is 4.60. The van der Waals surface area contributed by atoms with Crippen LogP contribution < -0.4 is 0 Å². The molecule has 1 aliphatic carbocycles. The summed E-state index contributed by atoms with van der Waals surface area (Å²) in [7, 11) is 0. The number of carbonyl (C=O) groups excluding carboxylic acids is 1. The van der Waals surface area contributed by atoms with Crippen molar-refractivity contribution in [1.29, 1.82) is 0 Å². The first-order valence-electron chi connectivity index (χ1n) is 12.9. The van der Waals surface area contributed by atoms with E-state index in [1.54, 1.807) is 12.1 Å². The quantitative estimate of drug-likeness (QED) is 0.428. The van der Waals surface area contributed by atoms with Crippen molar-refractivity contribution in [3.63, 3.8) is 0 Å². The fraction of sp³-hybridized carbons (Fsp3) is 0.667. The van der Waals surface area contributed by atoms with E-state index in [4.69, 9.17) is 22.1 Å². The zero-order valence-corrected chi connectivity index (χ0v) is 21.0. The molecule has 0 N–H and O–H groups in total. The number of ether oxygens (including phenoxy) is 2. The molecule has 1 saturated carbocycles. The van der Waals surface area contributed by atoms with Crippen molar-refractivity contribution in [2.24, 2.45) is 11.8 Å². The van der Waals surface area contributed by atoms with E-state index in [2.05, 4.69) is 15.9 Å². The number of hydrogen-bond acceptors (Lipinski definition) is 6. The van der Waals surface area contributed by atoms with Crippen LogP contribution in [0.15, 0.2) is 35.9 Å². The minimum Gasteiger partial charge on any atom is -0.324 e. The molecule has 34 heavy (non-hydrogen) atoms. The van der Waals surface area contributed by atoms with Crippen molar-refractivity contribution in [3.05, 3.63) is 47.3 Å². The number of thiol groups is 1. The SMILES string of the molecule is CC1OC(CC2CCN(C/C=C3\CN(C(C(=O)C4CC4)c4ccccc4F)CCC3S)CC2)O1. The van der Waals surface area contributed by atoms with E-state index in [1.807, 2.05) is 13.0 Å². The van der Waals surface area contributed by atoms with Gasteiger partial charge in [-0.2, -0.15) is 12.6 Å². The average Bonchev–Trinajstić information content (AvgIpc) is 3.66. The Bertz CT molecular complexity index is 894. The number of Topliss-reactive ketones (excluding diaryl/α,β-unsaturated/α-hetero) is 1. The molecule has 3 heterocycles. The monoisotopic (exact) mass is 488 g/mol. The van der Waals surface area contributed by atoms with Gasteiger partial charge in [0.15, 0.2) is 18.4 Å². The molecule has 1 aromatic carbocycles. The Morgan fingerprint density at radius 3 is 2.56 bits per heavy atom. The maximum absolute atomic E-state index is 14.7. The van der Waals surface area contributed by atoms with E-state index in [1.165, 1.54) is 24.5 Å². The normalized spacial score (nSPS) is 31.4. The molecule has 0 amide bonds. The molecule has 2 atom stereocenters. The first kappa shape index (κ1) is 24.4. The first-order valence-corrected chi connectivity index (χ1v) is 13.4. The number of nitrogens with zero attached hydrogens (tertiary/aromatic N) is 2. The largest absolute Gasteiger partial charge is 0.324 e. The number of hydrogen-bond donors (Lipinski definition) is 1. The molecule has 186 valence electrons. The fourth-order valence-corrected chi connectivity index (χ4v) is 5.91. The lowest BCUT2D eigenvalue weighted by molar-refractivity contribution is -0.380. The van der Waals surface area contributed by atoms with Gasteiger partial charge in [0.2, 0.25) is 0 Å². The van der Waals surface area contributed by atoms with E-state index >= 15 is 0 Å². The van der Waals surface area contributed by atoms with Gasteiger partial charge in [0.1, 0.15) is 5.82 Å². The van der Waals surface area contributed by atoms with Crippen molar-refractivity contribution in [2.45, 2.75) is 69.3 Å². The second-order valence-electron chi connectivity index (χ2n) is 10.4. The van der Waals surface area contributed by atoms with E-state index in [0.29, 0.717) is 18.0 Å². The van der Waals surface area contributed by atoms with Crippen LogP contribution in [0.2, 0.25) is 0 Å². The molecule has 0 aromatic heterocycles. The van der Waals surface area contributed by atoms with E-state index in [0.717, 1.165) is 51.9 Å². The maximum Gasteiger partial charge on any atom is 0.164 e. The summed E-state index contributed by atoms with van der Waals surface area (Å²) >= 11 is 4.85. The Labute approximate surface area is 208 Å². The Morgan fingerprint density at radius 2 is 1.88 bits per heavy atom. The molecule has 2 unspecified atom stereocenters. The van der Waals surface area contributed by atoms with Gasteiger partial charge in [-0.15, -0.1) is 0 Å².